The Morgan fingerprint density at radius 1 is 1.09 bits per heavy atom. The van der Waals surface area contributed by atoms with E-state index in [-0.39, 0.29) is 24.3 Å². The number of nitrogens with one attached hydrogen (secondary N) is 1. The molecule has 0 radical (unpaired) electrons. The van der Waals surface area contributed by atoms with Gasteiger partial charge in [-0.05, 0) is 54.1 Å². The van der Waals surface area contributed by atoms with Crippen molar-refractivity contribution in [1.82, 2.24) is 5.01 Å². The summed E-state index contributed by atoms with van der Waals surface area (Å²) in [5, 5.41) is 11.7. The number of thiophene rings is 1. The molecule has 0 bridgehead atoms. The highest BCUT2D eigenvalue weighted by atomic mass is 32.2. The van der Waals surface area contributed by atoms with Gasteiger partial charge in [-0.1, -0.05) is 54.2 Å². The van der Waals surface area contributed by atoms with Crippen molar-refractivity contribution in [2.45, 2.75) is 38.0 Å². The van der Waals surface area contributed by atoms with Gasteiger partial charge < -0.3 is 5.32 Å². The molecule has 3 heterocycles. The molecule has 3 aromatic rings. The molecular weight excluding hydrogens is 464 g/mol. The van der Waals surface area contributed by atoms with E-state index in [1.54, 1.807) is 11.3 Å². The van der Waals surface area contributed by atoms with E-state index < -0.39 is 5.25 Å². The van der Waals surface area contributed by atoms with Gasteiger partial charge in [0.25, 0.3) is 5.91 Å². The van der Waals surface area contributed by atoms with Gasteiger partial charge >= 0.3 is 0 Å². The number of anilines is 1. The second kappa shape index (κ2) is 9.56. The van der Waals surface area contributed by atoms with Crippen molar-refractivity contribution < 1.29 is 9.59 Å². The van der Waals surface area contributed by atoms with Crippen molar-refractivity contribution >= 4 is 51.5 Å². The van der Waals surface area contributed by atoms with Crippen molar-refractivity contribution in [2.75, 3.05) is 5.32 Å². The van der Waals surface area contributed by atoms with E-state index in [2.05, 4.69) is 28.5 Å². The van der Waals surface area contributed by atoms with Gasteiger partial charge in [0, 0.05) is 18.5 Å². The lowest BCUT2D eigenvalue weighted by Gasteiger charge is -2.23. The van der Waals surface area contributed by atoms with Crippen LogP contribution >= 0.6 is 23.1 Å². The molecule has 2 aromatic carbocycles. The number of amidine groups is 1. The normalized spacial score (nSPS) is 19.8. The van der Waals surface area contributed by atoms with Crippen LogP contribution in [0.15, 0.2) is 76.1 Å². The molecular formula is C26H24N4O2S2. The lowest BCUT2D eigenvalue weighted by atomic mass is 10.0. The highest BCUT2D eigenvalue weighted by Gasteiger charge is 2.39. The molecule has 1 aromatic heterocycles. The van der Waals surface area contributed by atoms with E-state index in [1.807, 2.05) is 66.7 Å². The minimum atomic E-state index is -0.557. The Hall–Kier alpha value is -3.23. The summed E-state index contributed by atoms with van der Waals surface area (Å²) >= 11 is 2.97. The number of rotatable bonds is 5. The molecule has 34 heavy (non-hydrogen) atoms. The largest absolute Gasteiger partial charge is 0.326 e. The molecule has 5 rings (SSSR count). The van der Waals surface area contributed by atoms with Crippen LogP contribution in [0.5, 0.6) is 0 Å². The van der Waals surface area contributed by atoms with E-state index in [4.69, 9.17) is 5.10 Å². The Kier molecular flexibility index (Phi) is 6.34. The van der Waals surface area contributed by atoms with Crippen molar-refractivity contribution in [3.05, 3.63) is 87.6 Å². The molecule has 0 spiro atoms. The number of hydrogen-bond acceptors (Lipinski definition) is 6. The smallest absolute Gasteiger partial charge is 0.262 e. The highest BCUT2D eigenvalue weighted by molar-refractivity contribution is 8.15. The lowest BCUT2D eigenvalue weighted by Crippen LogP contribution is -2.25. The molecule has 6 nitrogen and oxygen atoms in total. The summed E-state index contributed by atoms with van der Waals surface area (Å²) in [6.07, 6.45) is 0.797. The monoisotopic (exact) mass is 488 g/mol. The number of aryl methyl sites for hydroxylation is 2. The highest BCUT2D eigenvalue weighted by Crippen LogP contribution is 2.39. The van der Waals surface area contributed by atoms with Crippen molar-refractivity contribution in [1.29, 1.82) is 0 Å². The van der Waals surface area contributed by atoms with Gasteiger partial charge in [-0.3, -0.25) is 9.59 Å². The minimum absolute atomic E-state index is 0.0412. The topological polar surface area (TPSA) is 74.1 Å². The number of carbonyl (C=O) groups excluding carboxylic acids is 2. The zero-order chi connectivity index (χ0) is 23.7. The van der Waals surface area contributed by atoms with Gasteiger partial charge in [0.1, 0.15) is 5.25 Å². The zero-order valence-corrected chi connectivity index (χ0v) is 20.5. The molecule has 1 N–H and O–H groups in total. The minimum Gasteiger partial charge on any atom is -0.326 e. The van der Waals surface area contributed by atoms with E-state index >= 15 is 0 Å². The predicted octanol–water partition coefficient (Wildman–Crippen LogP) is 5.54. The van der Waals surface area contributed by atoms with Gasteiger partial charge in [0.15, 0.2) is 5.17 Å². The van der Waals surface area contributed by atoms with Gasteiger partial charge in [-0.2, -0.15) is 10.1 Å². The van der Waals surface area contributed by atoms with Gasteiger partial charge in [-0.25, -0.2) is 5.01 Å². The number of hydrazone groups is 1. The van der Waals surface area contributed by atoms with Crippen molar-refractivity contribution in [3.8, 4) is 0 Å². The second-order valence-corrected chi connectivity index (χ2v) is 10.5. The van der Waals surface area contributed by atoms with Gasteiger partial charge in [-0.15, -0.1) is 11.3 Å². The Morgan fingerprint density at radius 3 is 2.65 bits per heavy atom. The average molecular weight is 489 g/mol. The van der Waals surface area contributed by atoms with Crippen LogP contribution in [0.25, 0.3) is 0 Å². The first-order chi connectivity index (χ1) is 16.5. The van der Waals surface area contributed by atoms with Crippen LogP contribution in [-0.2, 0) is 9.59 Å². The summed E-state index contributed by atoms with van der Waals surface area (Å²) in [5.41, 5.74) is 5.10. The average Bonchev–Trinajstić information content (AvgIpc) is 3.57. The molecule has 0 saturated carbocycles. The molecule has 8 heteroatoms. The van der Waals surface area contributed by atoms with Crippen LogP contribution < -0.4 is 5.32 Å². The number of aliphatic imine (C=N–C) groups is 1. The Bertz CT molecular complexity index is 1290. The van der Waals surface area contributed by atoms with E-state index in [1.165, 1.54) is 17.3 Å². The van der Waals surface area contributed by atoms with E-state index in [0.29, 0.717) is 5.17 Å². The molecule has 0 saturated heterocycles. The summed E-state index contributed by atoms with van der Waals surface area (Å²) < 4.78 is 0. The number of carbonyl (C=O) groups is 2. The molecule has 2 amide bonds. The molecule has 2 atom stereocenters. The van der Waals surface area contributed by atoms with E-state index in [0.717, 1.165) is 33.8 Å². The third kappa shape index (κ3) is 4.69. The van der Waals surface area contributed by atoms with E-state index in [9.17, 15) is 9.59 Å². The summed E-state index contributed by atoms with van der Waals surface area (Å²) in [5.74, 6) is -0.490. The molecule has 172 valence electrons. The first-order valence-electron chi connectivity index (χ1n) is 11.1. The van der Waals surface area contributed by atoms with Crippen molar-refractivity contribution in [2.24, 2.45) is 10.1 Å². The summed E-state index contributed by atoms with van der Waals surface area (Å²) in [7, 11) is 0. The van der Waals surface area contributed by atoms with Crippen LogP contribution in [0.2, 0.25) is 0 Å². The zero-order valence-electron chi connectivity index (χ0n) is 18.9. The molecule has 2 aliphatic rings. The lowest BCUT2D eigenvalue weighted by molar-refractivity contribution is -0.121. The van der Waals surface area contributed by atoms with Gasteiger partial charge in [0.2, 0.25) is 5.91 Å². The van der Waals surface area contributed by atoms with Crippen LogP contribution in [0, 0.1) is 13.8 Å². The summed E-state index contributed by atoms with van der Waals surface area (Å²) in [4.78, 5) is 30.8. The van der Waals surface area contributed by atoms with Crippen molar-refractivity contribution in [3.63, 3.8) is 0 Å². The number of nitrogens with zero attached hydrogens (tertiary/aromatic N) is 3. The first kappa shape index (κ1) is 22.6. The molecule has 0 fully saturated rings. The SMILES string of the molecule is Cc1ccc(NC(=O)C[C@H]2SC(N3N=C(c4cccs4)C[C@@H]3c3ccccc3)=NC2=O)cc1C. The fourth-order valence-corrected chi connectivity index (χ4v) is 5.80. The quantitative estimate of drug-likeness (QED) is 0.512. The Labute approximate surface area is 206 Å². The number of benzene rings is 2. The summed E-state index contributed by atoms with van der Waals surface area (Å²) in [6, 6.07) is 20.0. The molecule has 0 aliphatic carbocycles. The maximum Gasteiger partial charge on any atom is 0.262 e. The Morgan fingerprint density at radius 2 is 1.91 bits per heavy atom. The standard InChI is InChI=1S/C26H24N4O2S2/c1-16-10-11-19(13-17(16)2)27-24(31)15-23-25(32)28-26(34-23)30-21(18-7-4-3-5-8-18)14-20(29-30)22-9-6-12-33-22/h3-13,21,23H,14-15H2,1-2H3,(H,27,31)/t21-,23-/m1/s1. The number of thioether (sulfide) groups is 1. The predicted molar refractivity (Wildman–Crippen MR) is 139 cm³/mol. The van der Waals surface area contributed by atoms with Gasteiger partial charge in [0.05, 0.1) is 16.6 Å². The van der Waals surface area contributed by atoms with Crippen LogP contribution in [0.4, 0.5) is 5.69 Å². The molecule has 2 aliphatic heterocycles. The third-order valence-electron chi connectivity index (χ3n) is 5.99. The maximum atomic E-state index is 12.7. The number of amides is 2. The number of hydrogen-bond donors (Lipinski definition) is 1. The summed E-state index contributed by atoms with van der Waals surface area (Å²) in [6.45, 7) is 4.03. The fourth-order valence-electron chi connectivity index (χ4n) is 4.02. The van der Waals surface area contributed by atoms with Crippen LogP contribution in [0.1, 0.15) is 40.5 Å². The van der Waals surface area contributed by atoms with Crippen LogP contribution in [0.3, 0.4) is 0 Å². The first-order valence-corrected chi connectivity index (χ1v) is 12.9. The second-order valence-electron chi connectivity index (χ2n) is 8.39. The maximum absolute atomic E-state index is 12.7. The third-order valence-corrected chi connectivity index (χ3v) is 8.05. The Balaban J connectivity index is 1.31. The molecule has 0 unspecified atom stereocenters. The van der Waals surface area contributed by atoms with Crippen LogP contribution in [-0.4, -0.2) is 33.0 Å². The fraction of sp³-hybridized carbons (Fsp3) is 0.231.